The molecule has 6 nitrogen and oxygen atoms in total. The lowest BCUT2D eigenvalue weighted by atomic mass is 10.1. The lowest BCUT2D eigenvalue weighted by Crippen LogP contribution is -2.53. The zero-order chi connectivity index (χ0) is 18.6. The van der Waals surface area contributed by atoms with Crippen LogP contribution in [0.5, 0.6) is 0 Å². The second kappa shape index (κ2) is 7.90. The van der Waals surface area contributed by atoms with Gasteiger partial charge in [0.25, 0.3) is 0 Å². The Kier molecular flexibility index (Phi) is 5.18. The average Bonchev–Trinajstić information content (AvgIpc) is 3.48. The standard InChI is InChI=1S/C20H25FN6/c1-2-22-20(25-18-14-16(18)15-6-3-4-7-17(15)21)27-12-10-26(11-13-27)19-23-8-5-9-24-19/h3-9,16,18H,2,10-14H2,1H3,(H,22,25). The van der Waals surface area contributed by atoms with Gasteiger partial charge in [-0.25, -0.2) is 14.4 Å². The molecule has 0 spiro atoms. The van der Waals surface area contributed by atoms with Gasteiger partial charge in [-0.3, -0.25) is 4.99 Å². The van der Waals surface area contributed by atoms with Crippen molar-refractivity contribution in [2.45, 2.75) is 25.3 Å². The van der Waals surface area contributed by atoms with Crippen molar-refractivity contribution in [2.24, 2.45) is 4.99 Å². The first-order valence-corrected chi connectivity index (χ1v) is 9.58. The fourth-order valence-electron chi connectivity index (χ4n) is 3.60. The number of benzene rings is 1. The molecule has 1 saturated carbocycles. The molecule has 2 unspecified atom stereocenters. The summed E-state index contributed by atoms with van der Waals surface area (Å²) in [5, 5.41) is 3.55. The van der Waals surface area contributed by atoms with E-state index in [0.717, 1.165) is 56.6 Å². The number of hydrogen-bond donors (Lipinski definition) is 1. The molecule has 4 rings (SSSR count). The molecular formula is C20H25FN6. The number of piperazine rings is 1. The summed E-state index contributed by atoms with van der Waals surface area (Å²) in [7, 11) is 0. The Labute approximate surface area is 159 Å². The second-order valence-corrected chi connectivity index (χ2v) is 6.94. The van der Waals surface area contributed by atoms with Crippen LogP contribution in [0.2, 0.25) is 0 Å². The Hall–Kier alpha value is -2.70. The van der Waals surface area contributed by atoms with E-state index in [1.54, 1.807) is 18.5 Å². The molecule has 27 heavy (non-hydrogen) atoms. The Morgan fingerprint density at radius 3 is 2.59 bits per heavy atom. The van der Waals surface area contributed by atoms with Crippen LogP contribution in [-0.4, -0.2) is 59.6 Å². The van der Waals surface area contributed by atoms with Crippen molar-refractivity contribution in [3.05, 3.63) is 54.1 Å². The van der Waals surface area contributed by atoms with Gasteiger partial charge in [-0.1, -0.05) is 18.2 Å². The molecule has 0 amide bonds. The Morgan fingerprint density at radius 1 is 1.15 bits per heavy atom. The van der Waals surface area contributed by atoms with Gasteiger partial charge in [0.2, 0.25) is 5.95 Å². The Balaban J connectivity index is 1.36. The summed E-state index contributed by atoms with van der Waals surface area (Å²) in [5.74, 6) is 1.82. The van der Waals surface area contributed by atoms with E-state index in [-0.39, 0.29) is 17.8 Å². The Morgan fingerprint density at radius 2 is 1.89 bits per heavy atom. The number of nitrogens with zero attached hydrogens (tertiary/aromatic N) is 5. The highest BCUT2D eigenvalue weighted by molar-refractivity contribution is 5.81. The van der Waals surface area contributed by atoms with Crippen molar-refractivity contribution < 1.29 is 4.39 Å². The quantitative estimate of drug-likeness (QED) is 0.663. The first kappa shape index (κ1) is 17.7. The van der Waals surface area contributed by atoms with Gasteiger partial charge in [0, 0.05) is 57.1 Å². The molecule has 1 aromatic carbocycles. The van der Waals surface area contributed by atoms with Gasteiger partial charge in [-0.05, 0) is 31.0 Å². The lowest BCUT2D eigenvalue weighted by Gasteiger charge is -2.36. The second-order valence-electron chi connectivity index (χ2n) is 6.94. The highest BCUT2D eigenvalue weighted by atomic mass is 19.1. The predicted molar refractivity (Wildman–Crippen MR) is 104 cm³/mol. The van der Waals surface area contributed by atoms with Crippen molar-refractivity contribution >= 4 is 11.9 Å². The van der Waals surface area contributed by atoms with Gasteiger partial charge in [0.15, 0.2) is 5.96 Å². The third-order valence-corrected chi connectivity index (χ3v) is 5.13. The minimum absolute atomic E-state index is 0.114. The van der Waals surface area contributed by atoms with Gasteiger partial charge in [0.05, 0.1) is 0 Å². The van der Waals surface area contributed by atoms with Crippen molar-refractivity contribution in [1.29, 1.82) is 0 Å². The van der Waals surface area contributed by atoms with Crippen molar-refractivity contribution in [3.63, 3.8) is 0 Å². The molecule has 1 aliphatic heterocycles. The highest BCUT2D eigenvalue weighted by Gasteiger charge is 2.41. The van der Waals surface area contributed by atoms with Crippen LogP contribution in [0.4, 0.5) is 10.3 Å². The zero-order valence-electron chi connectivity index (χ0n) is 15.6. The third-order valence-electron chi connectivity index (χ3n) is 5.13. The van der Waals surface area contributed by atoms with E-state index in [0.29, 0.717) is 0 Å². The van der Waals surface area contributed by atoms with E-state index in [1.807, 2.05) is 25.1 Å². The minimum Gasteiger partial charge on any atom is -0.353 e. The first-order valence-electron chi connectivity index (χ1n) is 9.58. The van der Waals surface area contributed by atoms with Gasteiger partial charge < -0.3 is 15.1 Å². The van der Waals surface area contributed by atoms with Gasteiger partial charge >= 0.3 is 0 Å². The number of guanidine groups is 1. The third kappa shape index (κ3) is 4.02. The van der Waals surface area contributed by atoms with Crippen LogP contribution in [-0.2, 0) is 0 Å². The van der Waals surface area contributed by atoms with E-state index < -0.39 is 0 Å². The molecule has 2 aromatic rings. The van der Waals surface area contributed by atoms with E-state index in [4.69, 9.17) is 0 Å². The summed E-state index contributed by atoms with van der Waals surface area (Å²) >= 11 is 0. The predicted octanol–water partition coefficient (Wildman–Crippen LogP) is 2.26. The van der Waals surface area contributed by atoms with Gasteiger partial charge in [0.1, 0.15) is 5.82 Å². The fraction of sp³-hybridized carbons (Fsp3) is 0.450. The van der Waals surface area contributed by atoms with Gasteiger partial charge in [-0.2, -0.15) is 0 Å². The van der Waals surface area contributed by atoms with Crippen LogP contribution in [0, 0.1) is 5.82 Å². The van der Waals surface area contributed by atoms with Crippen molar-refractivity contribution in [1.82, 2.24) is 20.2 Å². The summed E-state index contributed by atoms with van der Waals surface area (Å²) in [6.07, 6.45) is 4.49. The minimum atomic E-state index is -0.114. The summed E-state index contributed by atoms with van der Waals surface area (Å²) in [4.78, 5) is 17.8. The monoisotopic (exact) mass is 368 g/mol. The van der Waals surface area contributed by atoms with E-state index in [9.17, 15) is 4.39 Å². The summed E-state index contributed by atoms with van der Waals surface area (Å²) in [6.45, 7) is 6.20. The topological polar surface area (TPSA) is 56.7 Å². The fourth-order valence-corrected chi connectivity index (χ4v) is 3.60. The zero-order valence-corrected chi connectivity index (χ0v) is 15.6. The average molecular weight is 368 g/mol. The van der Waals surface area contributed by atoms with Crippen molar-refractivity contribution in [3.8, 4) is 0 Å². The number of nitrogens with one attached hydrogen (secondary N) is 1. The molecule has 1 aromatic heterocycles. The summed E-state index contributed by atoms with van der Waals surface area (Å²) in [5.41, 5.74) is 0.803. The Bertz CT molecular complexity index is 788. The molecule has 1 N–H and O–H groups in total. The number of rotatable bonds is 4. The van der Waals surface area contributed by atoms with Crippen LogP contribution in [0.1, 0.15) is 24.8 Å². The van der Waals surface area contributed by atoms with Crippen LogP contribution in [0.3, 0.4) is 0 Å². The summed E-state index contributed by atoms with van der Waals surface area (Å²) < 4.78 is 14.0. The normalized spacial score (nSPS) is 22.7. The molecule has 2 aliphatic rings. The molecule has 142 valence electrons. The number of halogens is 1. The molecule has 0 radical (unpaired) electrons. The van der Waals surface area contributed by atoms with Crippen LogP contribution in [0.25, 0.3) is 0 Å². The number of hydrogen-bond acceptors (Lipinski definition) is 4. The maximum atomic E-state index is 14.0. The summed E-state index contributed by atoms with van der Waals surface area (Å²) in [6, 6.07) is 9.15. The molecule has 1 saturated heterocycles. The number of aromatic nitrogens is 2. The molecule has 2 atom stereocenters. The van der Waals surface area contributed by atoms with Gasteiger partial charge in [-0.15, -0.1) is 0 Å². The SMILES string of the molecule is CCN=C(NC1CC1c1ccccc1F)N1CCN(c2ncccn2)CC1. The lowest BCUT2D eigenvalue weighted by molar-refractivity contribution is 0.369. The van der Waals surface area contributed by atoms with E-state index in [1.165, 1.54) is 6.07 Å². The van der Waals surface area contributed by atoms with E-state index >= 15 is 0 Å². The van der Waals surface area contributed by atoms with E-state index in [2.05, 4.69) is 30.1 Å². The van der Waals surface area contributed by atoms with Crippen molar-refractivity contribution in [2.75, 3.05) is 37.6 Å². The van der Waals surface area contributed by atoms with Crippen LogP contribution in [0.15, 0.2) is 47.7 Å². The molecule has 1 aliphatic carbocycles. The van der Waals surface area contributed by atoms with Crippen LogP contribution >= 0.6 is 0 Å². The molecule has 0 bridgehead atoms. The maximum Gasteiger partial charge on any atom is 0.225 e. The number of anilines is 1. The molecule has 7 heteroatoms. The number of aliphatic imine (C=N–C) groups is 1. The van der Waals surface area contributed by atoms with Crippen LogP contribution < -0.4 is 10.2 Å². The maximum absolute atomic E-state index is 14.0. The first-order chi connectivity index (χ1) is 13.3. The highest BCUT2D eigenvalue weighted by Crippen LogP contribution is 2.41. The molecule has 2 heterocycles. The molecule has 2 fully saturated rings. The smallest absolute Gasteiger partial charge is 0.225 e. The largest absolute Gasteiger partial charge is 0.353 e. The molecular weight excluding hydrogens is 343 g/mol.